The standard InChI is InChI=1S/C12H10ClNO2S/c13-11-9(5-6-17-11)7-14-10-3-1-8(2-4-10)12(15)16/h1-6,14H,7H2,(H,15,16). The second-order valence-corrected chi connectivity index (χ2v) is 4.97. The second-order valence-electron chi connectivity index (χ2n) is 3.46. The molecular formula is C12H10ClNO2S. The molecule has 2 aromatic rings. The van der Waals surface area contributed by atoms with Crippen LogP contribution in [0.2, 0.25) is 4.34 Å². The Morgan fingerprint density at radius 2 is 2.00 bits per heavy atom. The van der Waals surface area contributed by atoms with Crippen LogP contribution in [0.3, 0.4) is 0 Å². The van der Waals surface area contributed by atoms with Crippen LogP contribution in [0.5, 0.6) is 0 Å². The average Bonchev–Trinajstić information content (AvgIpc) is 2.73. The lowest BCUT2D eigenvalue weighted by Crippen LogP contribution is -2.00. The van der Waals surface area contributed by atoms with Crippen LogP contribution in [0, 0.1) is 0 Å². The molecule has 0 amide bonds. The van der Waals surface area contributed by atoms with Gasteiger partial charge in [-0.25, -0.2) is 4.79 Å². The number of rotatable bonds is 4. The number of carboxylic acid groups (broad SMARTS) is 1. The van der Waals surface area contributed by atoms with Gasteiger partial charge in [-0.15, -0.1) is 11.3 Å². The van der Waals surface area contributed by atoms with Crippen LogP contribution in [0.1, 0.15) is 15.9 Å². The molecule has 0 fully saturated rings. The predicted octanol–water partition coefficient (Wildman–Crippen LogP) is 3.71. The van der Waals surface area contributed by atoms with Gasteiger partial charge in [-0.2, -0.15) is 0 Å². The van der Waals surface area contributed by atoms with Gasteiger partial charge in [0.05, 0.1) is 9.90 Å². The summed E-state index contributed by atoms with van der Waals surface area (Å²) in [6, 6.07) is 8.58. The Morgan fingerprint density at radius 3 is 2.53 bits per heavy atom. The van der Waals surface area contributed by atoms with Gasteiger partial charge in [-0.1, -0.05) is 11.6 Å². The van der Waals surface area contributed by atoms with Gasteiger partial charge in [0.25, 0.3) is 0 Å². The lowest BCUT2D eigenvalue weighted by atomic mass is 10.2. The second kappa shape index (κ2) is 5.21. The molecule has 0 aliphatic heterocycles. The molecule has 1 heterocycles. The van der Waals surface area contributed by atoms with E-state index in [9.17, 15) is 4.79 Å². The number of thiophene rings is 1. The Kier molecular flexibility index (Phi) is 3.66. The minimum absolute atomic E-state index is 0.282. The van der Waals surface area contributed by atoms with Crippen molar-refractivity contribution >= 4 is 34.6 Å². The fourth-order valence-corrected chi connectivity index (χ4v) is 2.30. The van der Waals surface area contributed by atoms with Crippen LogP contribution in [0.4, 0.5) is 5.69 Å². The summed E-state index contributed by atoms with van der Waals surface area (Å²) >= 11 is 7.47. The van der Waals surface area contributed by atoms with Crippen molar-refractivity contribution < 1.29 is 9.90 Å². The van der Waals surface area contributed by atoms with Gasteiger partial charge >= 0.3 is 5.97 Å². The summed E-state index contributed by atoms with van der Waals surface area (Å²) in [5.41, 5.74) is 2.19. The molecule has 0 bridgehead atoms. The fourth-order valence-electron chi connectivity index (χ4n) is 1.37. The molecule has 17 heavy (non-hydrogen) atoms. The molecule has 2 N–H and O–H groups in total. The van der Waals surface area contributed by atoms with Crippen LogP contribution in [-0.4, -0.2) is 11.1 Å². The van der Waals surface area contributed by atoms with Gasteiger partial charge in [0.15, 0.2) is 0 Å². The maximum atomic E-state index is 10.7. The zero-order chi connectivity index (χ0) is 12.3. The third-order valence-corrected chi connectivity index (χ3v) is 3.56. The van der Waals surface area contributed by atoms with E-state index < -0.39 is 5.97 Å². The van der Waals surface area contributed by atoms with Gasteiger partial charge < -0.3 is 10.4 Å². The highest BCUT2D eigenvalue weighted by Crippen LogP contribution is 2.23. The Bertz CT molecular complexity index is 522. The molecule has 88 valence electrons. The van der Waals surface area contributed by atoms with Crippen molar-refractivity contribution in [2.45, 2.75) is 6.54 Å². The average molecular weight is 268 g/mol. The molecule has 3 nitrogen and oxygen atoms in total. The SMILES string of the molecule is O=C(O)c1ccc(NCc2ccsc2Cl)cc1. The van der Waals surface area contributed by atoms with Crippen LogP contribution in [-0.2, 0) is 6.54 Å². The minimum Gasteiger partial charge on any atom is -0.478 e. The Labute approximate surface area is 108 Å². The Balaban J connectivity index is 2.00. The first kappa shape index (κ1) is 12.0. The molecule has 0 unspecified atom stereocenters. The van der Waals surface area contributed by atoms with Crippen LogP contribution in [0.25, 0.3) is 0 Å². The summed E-state index contributed by atoms with van der Waals surface area (Å²) in [6.45, 7) is 0.634. The molecule has 1 aromatic heterocycles. The quantitative estimate of drug-likeness (QED) is 0.888. The topological polar surface area (TPSA) is 49.3 Å². The number of carboxylic acids is 1. The van der Waals surface area contributed by atoms with E-state index in [0.29, 0.717) is 6.54 Å². The molecule has 0 saturated heterocycles. The molecule has 0 saturated carbocycles. The number of halogens is 1. The lowest BCUT2D eigenvalue weighted by molar-refractivity contribution is 0.0697. The minimum atomic E-state index is -0.919. The van der Waals surface area contributed by atoms with Crippen molar-refractivity contribution in [1.29, 1.82) is 0 Å². The molecule has 0 spiro atoms. The summed E-state index contributed by atoms with van der Waals surface area (Å²) < 4.78 is 0.777. The van der Waals surface area contributed by atoms with E-state index in [2.05, 4.69) is 5.32 Å². The molecular weight excluding hydrogens is 258 g/mol. The molecule has 1 aromatic carbocycles. The van der Waals surface area contributed by atoms with Crippen molar-refractivity contribution in [3.05, 3.63) is 51.2 Å². The molecule has 2 rings (SSSR count). The lowest BCUT2D eigenvalue weighted by Gasteiger charge is -2.05. The number of anilines is 1. The molecule has 0 aliphatic rings. The van der Waals surface area contributed by atoms with E-state index in [4.69, 9.17) is 16.7 Å². The van der Waals surface area contributed by atoms with Gasteiger partial charge in [0.1, 0.15) is 0 Å². The number of benzene rings is 1. The first-order chi connectivity index (χ1) is 8.16. The Hall–Kier alpha value is -1.52. The van der Waals surface area contributed by atoms with Crippen molar-refractivity contribution in [3.8, 4) is 0 Å². The van der Waals surface area contributed by atoms with Gasteiger partial charge in [0.2, 0.25) is 0 Å². The first-order valence-corrected chi connectivity index (χ1v) is 6.21. The normalized spacial score (nSPS) is 10.2. The highest BCUT2D eigenvalue weighted by molar-refractivity contribution is 7.14. The first-order valence-electron chi connectivity index (χ1n) is 4.96. The number of hydrogen-bond acceptors (Lipinski definition) is 3. The maximum absolute atomic E-state index is 10.7. The summed E-state index contributed by atoms with van der Waals surface area (Å²) in [4.78, 5) is 10.7. The van der Waals surface area contributed by atoms with E-state index in [1.165, 1.54) is 11.3 Å². The van der Waals surface area contributed by atoms with Gasteiger partial charge in [-0.05, 0) is 35.7 Å². The van der Waals surface area contributed by atoms with E-state index >= 15 is 0 Å². The summed E-state index contributed by atoms with van der Waals surface area (Å²) in [6.07, 6.45) is 0. The summed E-state index contributed by atoms with van der Waals surface area (Å²) in [5, 5.41) is 13.9. The molecule has 5 heteroatoms. The third kappa shape index (κ3) is 2.99. The van der Waals surface area contributed by atoms with Crippen molar-refractivity contribution in [2.24, 2.45) is 0 Å². The number of hydrogen-bond donors (Lipinski definition) is 2. The molecule has 0 radical (unpaired) electrons. The Morgan fingerprint density at radius 1 is 1.29 bits per heavy atom. The molecule has 0 aliphatic carbocycles. The molecule has 0 atom stereocenters. The van der Waals surface area contributed by atoms with Crippen LogP contribution in [0.15, 0.2) is 35.7 Å². The van der Waals surface area contributed by atoms with Crippen molar-refractivity contribution in [1.82, 2.24) is 0 Å². The zero-order valence-corrected chi connectivity index (χ0v) is 10.4. The largest absolute Gasteiger partial charge is 0.478 e. The fraction of sp³-hybridized carbons (Fsp3) is 0.0833. The number of carbonyl (C=O) groups is 1. The summed E-state index contributed by atoms with van der Waals surface area (Å²) in [5.74, 6) is -0.919. The van der Waals surface area contributed by atoms with E-state index in [1.54, 1.807) is 24.3 Å². The van der Waals surface area contributed by atoms with Crippen LogP contribution >= 0.6 is 22.9 Å². The highest BCUT2D eigenvalue weighted by Gasteiger charge is 2.03. The van der Waals surface area contributed by atoms with Crippen molar-refractivity contribution in [3.63, 3.8) is 0 Å². The van der Waals surface area contributed by atoms with E-state index in [-0.39, 0.29) is 5.56 Å². The number of aromatic carboxylic acids is 1. The van der Waals surface area contributed by atoms with E-state index in [1.807, 2.05) is 11.4 Å². The number of nitrogens with one attached hydrogen (secondary N) is 1. The van der Waals surface area contributed by atoms with Gasteiger partial charge in [0, 0.05) is 17.8 Å². The monoisotopic (exact) mass is 267 g/mol. The van der Waals surface area contributed by atoms with Crippen molar-refractivity contribution in [2.75, 3.05) is 5.32 Å². The van der Waals surface area contributed by atoms with Crippen LogP contribution < -0.4 is 5.32 Å². The van der Waals surface area contributed by atoms with E-state index in [0.717, 1.165) is 15.6 Å². The van der Waals surface area contributed by atoms with Gasteiger partial charge in [-0.3, -0.25) is 0 Å². The third-order valence-electron chi connectivity index (χ3n) is 2.31. The maximum Gasteiger partial charge on any atom is 0.335 e. The highest BCUT2D eigenvalue weighted by atomic mass is 35.5. The smallest absolute Gasteiger partial charge is 0.335 e. The predicted molar refractivity (Wildman–Crippen MR) is 70.1 cm³/mol. The summed E-state index contributed by atoms with van der Waals surface area (Å²) in [7, 11) is 0. The zero-order valence-electron chi connectivity index (χ0n) is 8.81.